The molecule has 0 aliphatic rings. The normalized spacial score (nSPS) is 11.6. The van der Waals surface area contributed by atoms with E-state index < -0.39 is 0 Å². The second-order valence-corrected chi connectivity index (χ2v) is 15.2. The van der Waals surface area contributed by atoms with Crippen molar-refractivity contribution in [2.45, 2.75) is 0 Å². The van der Waals surface area contributed by atoms with Crippen molar-refractivity contribution >= 4 is 81.1 Å². The second-order valence-electron chi connectivity index (χ2n) is 14.2. The molecule has 258 valence electrons. The predicted octanol–water partition coefficient (Wildman–Crippen LogP) is 15.1. The molecule has 0 radical (unpaired) electrons. The van der Waals surface area contributed by atoms with Crippen LogP contribution in [0.4, 0.5) is 17.1 Å². The molecule has 55 heavy (non-hydrogen) atoms. The zero-order chi connectivity index (χ0) is 36.3. The summed E-state index contributed by atoms with van der Waals surface area (Å²) in [6.45, 7) is 0. The van der Waals surface area contributed by atoms with Crippen LogP contribution in [-0.2, 0) is 0 Å². The summed E-state index contributed by atoms with van der Waals surface area (Å²) in [7, 11) is 0. The van der Waals surface area contributed by atoms with Gasteiger partial charge in [-0.1, -0.05) is 133 Å². The lowest BCUT2D eigenvalue weighted by molar-refractivity contribution is 1.18. The summed E-state index contributed by atoms with van der Waals surface area (Å²) in [6.07, 6.45) is 0. The lowest BCUT2D eigenvalue weighted by atomic mass is 10.0. The molecule has 0 aliphatic carbocycles. The van der Waals surface area contributed by atoms with E-state index in [9.17, 15) is 0 Å². The van der Waals surface area contributed by atoms with Crippen molar-refractivity contribution in [3.05, 3.63) is 206 Å². The van der Waals surface area contributed by atoms with Gasteiger partial charge < -0.3 is 9.47 Å². The number of nitrogens with zero attached hydrogens (tertiary/aromatic N) is 2. The molecule has 2 heterocycles. The summed E-state index contributed by atoms with van der Waals surface area (Å²) >= 11 is 1.89. The summed E-state index contributed by atoms with van der Waals surface area (Å²) in [5.74, 6) is 0. The van der Waals surface area contributed by atoms with Gasteiger partial charge in [-0.15, -0.1) is 11.3 Å². The minimum Gasteiger partial charge on any atom is -0.310 e. The number of aromatic nitrogens is 1. The van der Waals surface area contributed by atoms with Crippen LogP contribution in [0.25, 0.3) is 80.7 Å². The van der Waals surface area contributed by atoms with E-state index in [-0.39, 0.29) is 0 Å². The summed E-state index contributed by atoms with van der Waals surface area (Å²) in [6, 6.07) is 75.1. The Labute approximate surface area is 323 Å². The first-order valence-electron chi connectivity index (χ1n) is 18.8. The number of anilines is 3. The fourth-order valence-corrected chi connectivity index (χ4v) is 9.54. The SMILES string of the molecule is c1ccc(-c2ccc(N(c3ccc(-c4ccc5sc6c7ccccc7ccc6c5c4)cc3)c3ccc4c(c3)c3ccccc3n4-c3ccccc3)cc2)cc1. The molecule has 0 N–H and O–H groups in total. The van der Waals surface area contributed by atoms with E-state index in [1.165, 1.54) is 75.0 Å². The van der Waals surface area contributed by atoms with Crippen molar-refractivity contribution in [2.24, 2.45) is 0 Å². The highest BCUT2D eigenvalue weighted by Crippen LogP contribution is 2.43. The Morgan fingerprint density at radius 2 is 0.927 bits per heavy atom. The smallest absolute Gasteiger partial charge is 0.0542 e. The van der Waals surface area contributed by atoms with Crippen LogP contribution in [-0.4, -0.2) is 4.57 Å². The first-order chi connectivity index (χ1) is 27.3. The minimum atomic E-state index is 1.11. The first kappa shape index (κ1) is 31.6. The Bertz CT molecular complexity index is 3180. The number of fused-ring (bicyclic) bond motifs is 8. The van der Waals surface area contributed by atoms with Gasteiger partial charge in [0.05, 0.1) is 11.0 Å². The Balaban J connectivity index is 1.03. The molecular formula is C52H34N2S. The van der Waals surface area contributed by atoms with Gasteiger partial charge in [0, 0.05) is 53.7 Å². The van der Waals surface area contributed by atoms with E-state index in [1.54, 1.807) is 0 Å². The summed E-state index contributed by atoms with van der Waals surface area (Å²) in [5, 5.41) is 7.72. The Morgan fingerprint density at radius 1 is 0.345 bits per heavy atom. The molecule has 9 aromatic carbocycles. The maximum absolute atomic E-state index is 2.38. The van der Waals surface area contributed by atoms with Crippen LogP contribution in [0.2, 0.25) is 0 Å². The molecule has 0 spiro atoms. The van der Waals surface area contributed by atoms with Crippen molar-refractivity contribution in [1.29, 1.82) is 0 Å². The van der Waals surface area contributed by atoms with Crippen LogP contribution in [0.1, 0.15) is 0 Å². The van der Waals surface area contributed by atoms with Gasteiger partial charge in [0.1, 0.15) is 0 Å². The highest BCUT2D eigenvalue weighted by atomic mass is 32.1. The molecule has 2 nitrogen and oxygen atoms in total. The molecule has 0 atom stereocenters. The molecule has 11 rings (SSSR count). The lowest BCUT2D eigenvalue weighted by Gasteiger charge is -2.26. The lowest BCUT2D eigenvalue weighted by Crippen LogP contribution is -2.10. The number of hydrogen-bond acceptors (Lipinski definition) is 2. The standard InChI is InChI=1S/C52H34N2S/c1-3-11-35(12-4-1)36-19-25-41(26-20-36)53(43-29-31-50-47(34-43)45-17-9-10-18-49(45)54(50)40-14-5-2-6-15-40)42-27-21-37(22-28-42)39-24-32-51-48(33-39)46-30-23-38-13-7-8-16-44(38)52(46)55-51/h1-34H. The summed E-state index contributed by atoms with van der Waals surface area (Å²) < 4.78 is 5.05. The Kier molecular flexibility index (Phi) is 7.39. The molecule has 0 fully saturated rings. The van der Waals surface area contributed by atoms with Crippen LogP contribution < -0.4 is 4.90 Å². The molecule has 0 saturated carbocycles. The highest BCUT2D eigenvalue weighted by molar-refractivity contribution is 7.26. The van der Waals surface area contributed by atoms with Gasteiger partial charge in [0.15, 0.2) is 0 Å². The van der Waals surface area contributed by atoms with Gasteiger partial charge in [-0.05, 0) is 106 Å². The van der Waals surface area contributed by atoms with E-state index in [0.29, 0.717) is 0 Å². The van der Waals surface area contributed by atoms with Crippen LogP contribution in [0.15, 0.2) is 206 Å². The van der Waals surface area contributed by atoms with E-state index in [1.807, 2.05) is 11.3 Å². The molecule has 0 aliphatic heterocycles. The first-order valence-corrected chi connectivity index (χ1v) is 19.6. The van der Waals surface area contributed by atoms with E-state index in [4.69, 9.17) is 0 Å². The molecule has 2 aromatic heterocycles. The van der Waals surface area contributed by atoms with E-state index in [0.717, 1.165) is 22.7 Å². The fraction of sp³-hybridized carbons (Fsp3) is 0. The van der Waals surface area contributed by atoms with Gasteiger partial charge >= 0.3 is 0 Å². The van der Waals surface area contributed by atoms with Crippen molar-refractivity contribution in [2.75, 3.05) is 4.90 Å². The molecule has 0 unspecified atom stereocenters. The highest BCUT2D eigenvalue weighted by Gasteiger charge is 2.18. The molecule has 11 aromatic rings. The topological polar surface area (TPSA) is 8.17 Å². The maximum atomic E-state index is 2.38. The van der Waals surface area contributed by atoms with Gasteiger partial charge in [-0.25, -0.2) is 0 Å². The quantitative estimate of drug-likeness (QED) is 0.166. The van der Waals surface area contributed by atoms with Crippen LogP contribution in [0.3, 0.4) is 0 Å². The van der Waals surface area contributed by atoms with Crippen molar-refractivity contribution < 1.29 is 0 Å². The third-order valence-corrected chi connectivity index (χ3v) is 12.2. The minimum absolute atomic E-state index is 1.11. The van der Waals surface area contributed by atoms with Crippen LogP contribution >= 0.6 is 11.3 Å². The number of benzene rings is 9. The average molecular weight is 719 g/mol. The van der Waals surface area contributed by atoms with Gasteiger partial charge in [0.25, 0.3) is 0 Å². The van der Waals surface area contributed by atoms with Gasteiger partial charge in [-0.2, -0.15) is 0 Å². The number of para-hydroxylation sites is 2. The zero-order valence-electron chi connectivity index (χ0n) is 29.9. The third kappa shape index (κ3) is 5.32. The van der Waals surface area contributed by atoms with Crippen LogP contribution in [0.5, 0.6) is 0 Å². The Morgan fingerprint density at radius 3 is 1.69 bits per heavy atom. The van der Waals surface area contributed by atoms with Gasteiger partial charge in [-0.3, -0.25) is 0 Å². The van der Waals surface area contributed by atoms with Crippen LogP contribution in [0, 0.1) is 0 Å². The van der Waals surface area contributed by atoms with Crippen molar-refractivity contribution in [1.82, 2.24) is 4.57 Å². The zero-order valence-corrected chi connectivity index (χ0v) is 30.7. The molecule has 0 amide bonds. The maximum Gasteiger partial charge on any atom is 0.0542 e. The molecule has 0 saturated heterocycles. The average Bonchev–Trinajstić information content (AvgIpc) is 3.80. The Hall–Kier alpha value is -6.94. The summed E-state index contributed by atoms with van der Waals surface area (Å²) in [4.78, 5) is 2.38. The largest absolute Gasteiger partial charge is 0.310 e. The second kappa shape index (κ2) is 12.9. The number of thiophene rings is 1. The monoisotopic (exact) mass is 718 g/mol. The predicted molar refractivity (Wildman–Crippen MR) is 237 cm³/mol. The fourth-order valence-electron chi connectivity index (χ4n) is 8.32. The number of hydrogen-bond donors (Lipinski definition) is 0. The van der Waals surface area contributed by atoms with Gasteiger partial charge in [0.2, 0.25) is 0 Å². The van der Waals surface area contributed by atoms with E-state index >= 15 is 0 Å². The molecule has 0 bridgehead atoms. The number of rotatable bonds is 6. The van der Waals surface area contributed by atoms with Crippen molar-refractivity contribution in [3.8, 4) is 27.9 Å². The van der Waals surface area contributed by atoms with Crippen molar-refractivity contribution in [3.63, 3.8) is 0 Å². The molecular weight excluding hydrogens is 685 g/mol. The third-order valence-electron chi connectivity index (χ3n) is 11.0. The molecule has 3 heteroatoms. The summed E-state index contributed by atoms with van der Waals surface area (Å²) in [5.41, 5.74) is 11.7. The van der Waals surface area contributed by atoms with E-state index in [2.05, 4.69) is 216 Å².